The van der Waals surface area contributed by atoms with Crippen molar-refractivity contribution < 1.29 is 0 Å². The third kappa shape index (κ3) is 4.19. The monoisotopic (exact) mass is 266 g/mol. The Bertz CT molecular complexity index is 248. The molecule has 19 heavy (non-hydrogen) atoms. The van der Waals surface area contributed by atoms with Crippen LogP contribution in [0.1, 0.15) is 65.7 Å². The van der Waals surface area contributed by atoms with Crippen molar-refractivity contribution in [3.63, 3.8) is 0 Å². The maximum atomic E-state index is 3.85. The van der Waals surface area contributed by atoms with Crippen molar-refractivity contribution in [2.75, 3.05) is 19.6 Å². The molecule has 1 heterocycles. The summed E-state index contributed by atoms with van der Waals surface area (Å²) in [7, 11) is 0. The normalized spacial score (nSPS) is 31.7. The average molecular weight is 266 g/mol. The first-order valence-corrected chi connectivity index (χ1v) is 8.69. The molecular formula is C17H34N2. The smallest absolute Gasteiger partial charge is 0.0223 e. The van der Waals surface area contributed by atoms with Gasteiger partial charge < -0.3 is 5.32 Å². The van der Waals surface area contributed by atoms with Gasteiger partial charge >= 0.3 is 0 Å². The number of rotatable bonds is 6. The van der Waals surface area contributed by atoms with Crippen LogP contribution in [-0.2, 0) is 0 Å². The quantitative estimate of drug-likeness (QED) is 0.789. The molecule has 3 unspecified atom stereocenters. The van der Waals surface area contributed by atoms with Crippen LogP contribution in [0.2, 0.25) is 0 Å². The van der Waals surface area contributed by atoms with Gasteiger partial charge in [-0.25, -0.2) is 0 Å². The first kappa shape index (κ1) is 15.3. The summed E-state index contributed by atoms with van der Waals surface area (Å²) in [6.07, 6.45) is 9.92. The molecule has 0 aromatic carbocycles. The molecule has 2 aliphatic rings. The SMILES string of the molecule is CCCNC(CN1CCCC(C)C1C)C1CCCC1. The van der Waals surface area contributed by atoms with Crippen LogP contribution < -0.4 is 5.32 Å². The molecule has 0 aromatic heterocycles. The van der Waals surface area contributed by atoms with Gasteiger partial charge in [0.15, 0.2) is 0 Å². The van der Waals surface area contributed by atoms with E-state index in [-0.39, 0.29) is 0 Å². The highest BCUT2D eigenvalue weighted by atomic mass is 15.2. The Morgan fingerprint density at radius 2 is 1.84 bits per heavy atom. The highest BCUT2D eigenvalue weighted by Gasteiger charge is 2.30. The Balaban J connectivity index is 1.90. The number of hydrogen-bond acceptors (Lipinski definition) is 2. The highest BCUT2D eigenvalue weighted by Crippen LogP contribution is 2.30. The summed E-state index contributed by atoms with van der Waals surface area (Å²) in [5, 5.41) is 3.85. The average Bonchev–Trinajstić information content (AvgIpc) is 2.93. The Labute approximate surface area is 120 Å². The maximum Gasteiger partial charge on any atom is 0.0223 e. The van der Waals surface area contributed by atoms with Gasteiger partial charge in [0, 0.05) is 18.6 Å². The second-order valence-electron chi connectivity index (χ2n) is 6.96. The van der Waals surface area contributed by atoms with Crippen LogP contribution in [0, 0.1) is 11.8 Å². The molecule has 0 aromatic rings. The van der Waals surface area contributed by atoms with E-state index in [1.54, 1.807) is 0 Å². The van der Waals surface area contributed by atoms with Crippen molar-refractivity contribution >= 4 is 0 Å². The molecule has 112 valence electrons. The fraction of sp³-hybridized carbons (Fsp3) is 1.00. The van der Waals surface area contributed by atoms with E-state index in [1.807, 2.05) is 0 Å². The summed E-state index contributed by atoms with van der Waals surface area (Å²) in [5.41, 5.74) is 0. The number of likely N-dealkylation sites (tertiary alicyclic amines) is 1. The van der Waals surface area contributed by atoms with Crippen molar-refractivity contribution in [2.24, 2.45) is 11.8 Å². The lowest BCUT2D eigenvalue weighted by atomic mass is 9.90. The molecule has 3 atom stereocenters. The zero-order chi connectivity index (χ0) is 13.7. The van der Waals surface area contributed by atoms with Crippen molar-refractivity contribution in [2.45, 2.75) is 77.8 Å². The zero-order valence-electron chi connectivity index (χ0n) is 13.3. The molecule has 0 bridgehead atoms. The van der Waals surface area contributed by atoms with E-state index in [2.05, 4.69) is 31.0 Å². The van der Waals surface area contributed by atoms with E-state index >= 15 is 0 Å². The van der Waals surface area contributed by atoms with Crippen LogP contribution in [0.4, 0.5) is 0 Å². The molecule has 1 saturated carbocycles. The molecule has 2 nitrogen and oxygen atoms in total. The Hall–Kier alpha value is -0.0800. The number of piperidine rings is 1. The molecule has 1 aliphatic carbocycles. The van der Waals surface area contributed by atoms with E-state index in [0.29, 0.717) is 0 Å². The number of nitrogens with zero attached hydrogens (tertiary/aromatic N) is 1. The molecule has 1 aliphatic heterocycles. The first-order chi connectivity index (χ1) is 9.22. The first-order valence-electron chi connectivity index (χ1n) is 8.69. The van der Waals surface area contributed by atoms with E-state index in [1.165, 1.54) is 64.6 Å². The molecule has 0 amide bonds. The van der Waals surface area contributed by atoms with Crippen LogP contribution in [0.15, 0.2) is 0 Å². The van der Waals surface area contributed by atoms with Crippen LogP contribution in [0.3, 0.4) is 0 Å². The van der Waals surface area contributed by atoms with Crippen molar-refractivity contribution in [3.8, 4) is 0 Å². The van der Waals surface area contributed by atoms with Crippen LogP contribution in [0.5, 0.6) is 0 Å². The largest absolute Gasteiger partial charge is 0.312 e. The predicted molar refractivity (Wildman–Crippen MR) is 83.5 cm³/mol. The highest BCUT2D eigenvalue weighted by molar-refractivity contribution is 4.87. The van der Waals surface area contributed by atoms with Gasteiger partial charge in [-0.1, -0.05) is 26.7 Å². The molecule has 2 fully saturated rings. The minimum absolute atomic E-state index is 0.746. The maximum absolute atomic E-state index is 3.85. The topological polar surface area (TPSA) is 15.3 Å². The van der Waals surface area contributed by atoms with E-state index in [0.717, 1.165) is 23.9 Å². The molecule has 1 saturated heterocycles. The predicted octanol–water partition coefficient (Wildman–Crippen LogP) is 3.67. The summed E-state index contributed by atoms with van der Waals surface area (Å²) < 4.78 is 0. The molecule has 2 rings (SSSR count). The third-order valence-electron chi connectivity index (χ3n) is 5.56. The van der Waals surface area contributed by atoms with Crippen molar-refractivity contribution in [3.05, 3.63) is 0 Å². The van der Waals surface area contributed by atoms with Gasteiger partial charge in [-0.3, -0.25) is 4.90 Å². The van der Waals surface area contributed by atoms with Crippen molar-refractivity contribution in [1.29, 1.82) is 0 Å². The second-order valence-corrected chi connectivity index (χ2v) is 6.96. The van der Waals surface area contributed by atoms with Gasteiger partial charge in [0.05, 0.1) is 0 Å². The molecule has 1 N–H and O–H groups in total. The number of nitrogens with one attached hydrogen (secondary N) is 1. The third-order valence-corrected chi connectivity index (χ3v) is 5.56. The van der Waals surface area contributed by atoms with E-state index in [9.17, 15) is 0 Å². The van der Waals surface area contributed by atoms with E-state index < -0.39 is 0 Å². The van der Waals surface area contributed by atoms with E-state index in [4.69, 9.17) is 0 Å². The standard InChI is InChI=1S/C17H34N2/c1-4-11-18-17(16-9-5-6-10-16)13-19-12-7-8-14(2)15(19)3/h14-18H,4-13H2,1-3H3. The van der Waals surface area contributed by atoms with Gasteiger partial charge in [-0.05, 0) is 64.0 Å². The fourth-order valence-corrected chi connectivity index (χ4v) is 4.00. The lowest BCUT2D eigenvalue weighted by Gasteiger charge is -2.41. The molecule has 2 heteroatoms. The minimum Gasteiger partial charge on any atom is -0.312 e. The Kier molecular flexibility index (Phi) is 6.15. The van der Waals surface area contributed by atoms with Crippen molar-refractivity contribution in [1.82, 2.24) is 10.2 Å². The van der Waals surface area contributed by atoms with Crippen LogP contribution in [-0.4, -0.2) is 36.6 Å². The number of hydrogen-bond donors (Lipinski definition) is 1. The molecular weight excluding hydrogens is 232 g/mol. The van der Waals surface area contributed by atoms with Crippen LogP contribution in [0.25, 0.3) is 0 Å². The van der Waals surface area contributed by atoms with Gasteiger partial charge in [0.2, 0.25) is 0 Å². The van der Waals surface area contributed by atoms with Gasteiger partial charge in [-0.15, -0.1) is 0 Å². The Morgan fingerprint density at radius 3 is 2.53 bits per heavy atom. The zero-order valence-corrected chi connectivity index (χ0v) is 13.3. The summed E-state index contributed by atoms with van der Waals surface area (Å²) in [6, 6.07) is 1.52. The van der Waals surface area contributed by atoms with Gasteiger partial charge in [-0.2, -0.15) is 0 Å². The molecule has 0 radical (unpaired) electrons. The minimum atomic E-state index is 0.746. The summed E-state index contributed by atoms with van der Waals surface area (Å²) in [6.45, 7) is 11.0. The van der Waals surface area contributed by atoms with Gasteiger partial charge in [0.1, 0.15) is 0 Å². The lowest BCUT2D eigenvalue weighted by Crippen LogP contribution is -2.51. The summed E-state index contributed by atoms with van der Waals surface area (Å²) >= 11 is 0. The summed E-state index contributed by atoms with van der Waals surface area (Å²) in [4.78, 5) is 2.76. The lowest BCUT2D eigenvalue weighted by molar-refractivity contribution is 0.0917. The second kappa shape index (κ2) is 7.64. The summed E-state index contributed by atoms with van der Waals surface area (Å²) in [5.74, 6) is 1.82. The molecule has 0 spiro atoms. The van der Waals surface area contributed by atoms with Crippen LogP contribution >= 0.6 is 0 Å². The Morgan fingerprint density at radius 1 is 1.11 bits per heavy atom. The van der Waals surface area contributed by atoms with Gasteiger partial charge in [0.25, 0.3) is 0 Å². The fourth-order valence-electron chi connectivity index (χ4n) is 4.00.